The smallest absolute Gasteiger partial charge is 0.328 e. The number of aryl methyl sites for hydroxylation is 2. The molecule has 2 rings (SSSR count). The molecular weight excluding hydrogens is 215 g/mol. The second-order valence-corrected chi connectivity index (χ2v) is 3.23. The van der Waals surface area contributed by atoms with Crippen molar-refractivity contribution < 1.29 is 4.39 Å². The highest BCUT2D eigenvalue weighted by molar-refractivity contribution is 5.69. The molecule has 2 heterocycles. The van der Waals surface area contributed by atoms with Crippen molar-refractivity contribution in [1.29, 1.82) is 0 Å². The molecule has 0 aliphatic rings. The molecule has 0 bridgehead atoms. The van der Waals surface area contributed by atoms with Gasteiger partial charge in [0.05, 0.1) is 13.5 Å². The summed E-state index contributed by atoms with van der Waals surface area (Å²) in [5, 5.41) is 0. The molecule has 0 aromatic carbocycles. The summed E-state index contributed by atoms with van der Waals surface area (Å²) >= 11 is 0. The zero-order valence-corrected chi connectivity index (χ0v) is 9.56. The van der Waals surface area contributed by atoms with Crippen LogP contribution in [0.1, 0.15) is 0 Å². The molecule has 0 atom stereocenters. The van der Waals surface area contributed by atoms with E-state index in [0.717, 1.165) is 4.57 Å². The molecular formula is C9H13FN4O2. The summed E-state index contributed by atoms with van der Waals surface area (Å²) in [7, 11) is 5.27. The molecule has 0 fully saturated rings. The number of hydrogen-bond acceptors (Lipinski definition) is 3. The molecule has 2 aromatic heterocycles. The predicted octanol–water partition coefficient (Wildman–Crippen LogP) is -0.444. The lowest BCUT2D eigenvalue weighted by atomic mass is 10.5. The maximum Gasteiger partial charge on any atom is 0.332 e. The van der Waals surface area contributed by atoms with Gasteiger partial charge in [0.1, 0.15) is 0 Å². The third kappa shape index (κ3) is 1.54. The lowest BCUT2D eigenvalue weighted by Gasteiger charge is -2.02. The minimum atomic E-state index is -0.360. The molecule has 0 radical (unpaired) electrons. The normalized spacial score (nSPS) is 10.1. The Hall–Kier alpha value is -1.92. The summed E-state index contributed by atoms with van der Waals surface area (Å²) in [6, 6.07) is 0. The van der Waals surface area contributed by atoms with Crippen LogP contribution in [0.4, 0.5) is 4.39 Å². The second kappa shape index (κ2) is 4.30. The predicted molar refractivity (Wildman–Crippen MR) is 58.2 cm³/mol. The molecule has 2 aromatic rings. The lowest BCUT2D eigenvalue weighted by molar-refractivity contribution is 0.636. The van der Waals surface area contributed by atoms with Gasteiger partial charge in [-0.05, 0) is 0 Å². The molecule has 0 amide bonds. The molecule has 7 heteroatoms. The Bertz CT molecular complexity index is 623. The van der Waals surface area contributed by atoms with Crippen molar-refractivity contribution in [3.05, 3.63) is 27.2 Å². The molecule has 0 unspecified atom stereocenters. The first kappa shape index (κ1) is 12.2. The van der Waals surface area contributed by atoms with Crippen LogP contribution in [-0.2, 0) is 21.1 Å². The average molecular weight is 228 g/mol. The van der Waals surface area contributed by atoms with Gasteiger partial charge in [-0.15, -0.1) is 0 Å². The van der Waals surface area contributed by atoms with Gasteiger partial charge in [0.15, 0.2) is 11.2 Å². The summed E-state index contributed by atoms with van der Waals surface area (Å²) in [6.45, 7) is 0. The second-order valence-electron chi connectivity index (χ2n) is 3.23. The number of nitrogens with zero attached hydrogens (tertiary/aromatic N) is 4. The van der Waals surface area contributed by atoms with Crippen LogP contribution in [0.5, 0.6) is 0 Å². The first-order valence-electron chi connectivity index (χ1n) is 4.49. The fraction of sp³-hybridized carbons (Fsp3) is 0.444. The zero-order valence-electron chi connectivity index (χ0n) is 9.56. The van der Waals surface area contributed by atoms with Crippen molar-refractivity contribution in [3.8, 4) is 0 Å². The fourth-order valence-electron chi connectivity index (χ4n) is 1.47. The van der Waals surface area contributed by atoms with Crippen LogP contribution in [0.15, 0.2) is 15.9 Å². The van der Waals surface area contributed by atoms with E-state index in [0.29, 0.717) is 18.3 Å². The monoisotopic (exact) mass is 228 g/mol. The van der Waals surface area contributed by atoms with Gasteiger partial charge in [-0.1, -0.05) is 0 Å². The van der Waals surface area contributed by atoms with E-state index in [1.165, 1.54) is 17.9 Å². The maximum absolute atomic E-state index is 11.7. The number of halogens is 1. The van der Waals surface area contributed by atoms with Crippen molar-refractivity contribution in [2.24, 2.45) is 21.1 Å². The highest BCUT2D eigenvalue weighted by atomic mass is 19.1. The summed E-state index contributed by atoms with van der Waals surface area (Å²) < 4.78 is 13.5. The fourth-order valence-corrected chi connectivity index (χ4v) is 1.47. The van der Waals surface area contributed by atoms with E-state index in [1.807, 2.05) is 0 Å². The van der Waals surface area contributed by atoms with Gasteiger partial charge in [0.2, 0.25) is 0 Å². The van der Waals surface area contributed by atoms with E-state index in [2.05, 4.69) is 4.98 Å². The summed E-state index contributed by atoms with van der Waals surface area (Å²) in [6.07, 6.45) is 1.52. The van der Waals surface area contributed by atoms with Crippen LogP contribution in [0.2, 0.25) is 0 Å². The first-order valence-corrected chi connectivity index (χ1v) is 4.49. The third-order valence-corrected chi connectivity index (χ3v) is 2.32. The minimum Gasteiger partial charge on any atom is -0.328 e. The number of fused-ring (bicyclic) bond motifs is 1. The molecule has 0 spiro atoms. The van der Waals surface area contributed by atoms with Crippen molar-refractivity contribution in [2.45, 2.75) is 0 Å². The Labute approximate surface area is 90.6 Å². The number of aromatic nitrogens is 4. The van der Waals surface area contributed by atoms with E-state index in [4.69, 9.17) is 0 Å². The van der Waals surface area contributed by atoms with Crippen LogP contribution < -0.4 is 11.2 Å². The van der Waals surface area contributed by atoms with Crippen LogP contribution in [0.3, 0.4) is 0 Å². The Balaban J connectivity index is 0.000000606. The molecule has 0 saturated carbocycles. The minimum absolute atomic E-state index is 0.317. The van der Waals surface area contributed by atoms with Crippen LogP contribution in [0, 0.1) is 0 Å². The van der Waals surface area contributed by atoms with Gasteiger partial charge in [-0.2, -0.15) is 0 Å². The standard InChI is InChI=1S/C8H10N4O2.CH3F/c1-10-4-9-6-5(10)7(13)12(3)8(14)11(6)2;1-2/h4H,1-3H3;1H3. The summed E-state index contributed by atoms with van der Waals surface area (Å²) in [5.41, 5.74) is 0.180. The lowest BCUT2D eigenvalue weighted by Crippen LogP contribution is -2.37. The molecule has 88 valence electrons. The Morgan fingerprint density at radius 2 is 1.69 bits per heavy atom. The van der Waals surface area contributed by atoms with Crippen molar-refractivity contribution in [2.75, 3.05) is 7.18 Å². The molecule has 0 aliphatic carbocycles. The summed E-state index contributed by atoms with van der Waals surface area (Å²) in [5.74, 6) is 0. The van der Waals surface area contributed by atoms with Crippen molar-refractivity contribution >= 4 is 11.2 Å². The van der Waals surface area contributed by atoms with E-state index < -0.39 is 0 Å². The average Bonchev–Trinajstić information content (AvgIpc) is 2.68. The van der Waals surface area contributed by atoms with Crippen LogP contribution >= 0.6 is 0 Å². The van der Waals surface area contributed by atoms with Crippen molar-refractivity contribution in [1.82, 2.24) is 18.7 Å². The SMILES string of the molecule is CF.Cn1c(=O)c2c(ncn2C)n(C)c1=O. The maximum atomic E-state index is 11.7. The third-order valence-electron chi connectivity index (χ3n) is 2.32. The van der Waals surface area contributed by atoms with E-state index in [-0.39, 0.29) is 11.2 Å². The first-order chi connectivity index (χ1) is 7.54. The zero-order chi connectivity index (χ0) is 12.5. The van der Waals surface area contributed by atoms with Gasteiger partial charge in [0, 0.05) is 21.1 Å². The highest BCUT2D eigenvalue weighted by Gasteiger charge is 2.11. The van der Waals surface area contributed by atoms with Gasteiger partial charge in [-0.3, -0.25) is 18.3 Å². The van der Waals surface area contributed by atoms with Crippen LogP contribution in [-0.4, -0.2) is 25.9 Å². The van der Waals surface area contributed by atoms with Gasteiger partial charge < -0.3 is 4.57 Å². The highest BCUT2D eigenvalue weighted by Crippen LogP contribution is 2.01. The van der Waals surface area contributed by atoms with Gasteiger partial charge in [0.25, 0.3) is 5.56 Å². The topological polar surface area (TPSA) is 61.8 Å². The molecule has 0 saturated heterocycles. The Morgan fingerprint density at radius 1 is 1.12 bits per heavy atom. The Morgan fingerprint density at radius 3 is 2.25 bits per heavy atom. The Kier molecular flexibility index (Phi) is 3.26. The number of imidazole rings is 1. The van der Waals surface area contributed by atoms with E-state index in [9.17, 15) is 14.0 Å². The van der Waals surface area contributed by atoms with Crippen molar-refractivity contribution in [3.63, 3.8) is 0 Å². The number of hydrogen-bond donors (Lipinski definition) is 0. The van der Waals surface area contributed by atoms with Gasteiger partial charge >= 0.3 is 5.69 Å². The van der Waals surface area contributed by atoms with E-state index in [1.54, 1.807) is 18.7 Å². The largest absolute Gasteiger partial charge is 0.332 e. The van der Waals surface area contributed by atoms with Gasteiger partial charge in [-0.25, -0.2) is 9.78 Å². The molecule has 0 N–H and O–H groups in total. The number of alkyl halides is 1. The summed E-state index contributed by atoms with van der Waals surface area (Å²) in [4.78, 5) is 27.2. The molecule has 6 nitrogen and oxygen atoms in total. The quantitative estimate of drug-likeness (QED) is 0.614. The molecule has 0 aliphatic heterocycles. The van der Waals surface area contributed by atoms with E-state index >= 15 is 0 Å². The molecule has 16 heavy (non-hydrogen) atoms. The number of rotatable bonds is 0. The van der Waals surface area contributed by atoms with Crippen LogP contribution in [0.25, 0.3) is 11.2 Å².